The predicted octanol–water partition coefficient (Wildman–Crippen LogP) is 1.13. The fourth-order valence-electron chi connectivity index (χ4n) is 1.18. The van der Waals surface area contributed by atoms with Crippen LogP contribution in [0, 0.1) is 0 Å². The molecule has 0 aliphatic carbocycles. The summed E-state index contributed by atoms with van der Waals surface area (Å²) >= 11 is 0. The van der Waals surface area contributed by atoms with Crippen molar-refractivity contribution in [3.63, 3.8) is 0 Å². The molecule has 0 radical (unpaired) electrons. The number of carbonyl (C=O) groups excluding carboxylic acids is 1. The second-order valence-corrected chi connectivity index (χ2v) is 2.91. The van der Waals surface area contributed by atoms with Gasteiger partial charge in [-0.2, -0.15) is 0 Å². The van der Waals surface area contributed by atoms with E-state index in [4.69, 9.17) is 5.73 Å². The van der Waals surface area contributed by atoms with Gasteiger partial charge in [-0.1, -0.05) is 18.2 Å². The van der Waals surface area contributed by atoms with Gasteiger partial charge in [-0.3, -0.25) is 4.79 Å². The highest BCUT2D eigenvalue weighted by atomic mass is 16.2. The van der Waals surface area contributed by atoms with E-state index >= 15 is 0 Å². The smallest absolute Gasteiger partial charge is 0.223 e. The van der Waals surface area contributed by atoms with E-state index in [1.807, 2.05) is 24.3 Å². The fourth-order valence-corrected chi connectivity index (χ4v) is 1.18. The van der Waals surface area contributed by atoms with Crippen LogP contribution in [0.5, 0.6) is 0 Å². The minimum Gasteiger partial charge on any atom is -0.326 e. The molecule has 1 aromatic carbocycles. The molecule has 1 rings (SSSR count). The maximum atomic E-state index is 11.1. The SMILES string of the molecule is CC(=O)N(C)c1ccccc1CN. The molecular formula is C10H14N2O. The number of nitrogens with zero attached hydrogens (tertiary/aromatic N) is 1. The van der Waals surface area contributed by atoms with Crippen LogP contribution >= 0.6 is 0 Å². The van der Waals surface area contributed by atoms with Crippen molar-refractivity contribution >= 4 is 11.6 Å². The van der Waals surface area contributed by atoms with Crippen molar-refractivity contribution in [2.24, 2.45) is 5.73 Å². The van der Waals surface area contributed by atoms with Crippen LogP contribution in [0.3, 0.4) is 0 Å². The maximum absolute atomic E-state index is 11.1. The molecule has 0 unspecified atom stereocenters. The van der Waals surface area contributed by atoms with Gasteiger partial charge in [0.25, 0.3) is 0 Å². The van der Waals surface area contributed by atoms with E-state index in [9.17, 15) is 4.79 Å². The summed E-state index contributed by atoms with van der Waals surface area (Å²) in [6.07, 6.45) is 0. The largest absolute Gasteiger partial charge is 0.326 e. The van der Waals surface area contributed by atoms with Gasteiger partial charge in [0.15, 0.2) is 0 Å². The number of anilines is 1. The number of rotatable bonds is 2. The predicted molar refractivity (Wildman–Crippen MR) is 53.4 cm³/mol. The third-order valence-electron chi connectivity index (χ3n) is 2.05. The summed E-state index contributed by atoms with van der Waals surface area (Å²) < 4.78 is 0. The van der Waals surface area contributed by atoms with Crippen LogP contribution in [0.25, 0.3) is 0 Å². The van der Waals surface area contributed by atoms with Gasteiger partial charge in [0.1, 0.15) is 0 Å². The average Bonchev–Trinajstić information content (AvgIpc) is 2.16. The Kier molecular flexibility index (Phi) is 3.03. The summed E-state index contributed by atoms with van der Waals surface area (Å²) in [6, 6.07) is 7.63. The highest BCUT2D eigenvalue weighted by molar-refractivity contribution is 5.91. The van der Waals surface area contributed by atoms with E-state index in [1.165, 1.54) is 6.92 Å². The molecular weight excluding hydrogens is 164 g/mol. The summed E-state index contributed by atoms with van der Waals surface area (Å²) in [5.74, 6) is 0.0147. The fraction of sp³-hybridized carbons (Fsp3) is 0.300. The molecule has 0 saturated carbocycles. The van der Waals surface area contributed by atoms with Gasteiger partial charge >= 0.3 is 0 Å². The van der Waals surface area contributed by atoms with Crippen LogP contribution in [0.15, 0.2) is 24.3 Å². The van der Waals surface area contributed by atoms with Crippen LogP contribution in [-0.4, -0.2) is 13.0 Å². The molecule has 0 saturated heterocycles. The van der Waals surface area contributed by atoms with E-state index < -0.39 is 0 Å². The molecule has 2 N–H and O–H groups in total. The summed E-state index contributed by atoms with van der Waals surface area (Å²) in [5, 5.41) is 0. The standard InChI is InChI=1S/C10H14N2O/c1-8(13)12(2)10-6-4-3-5-9(10)7-11/h3-6H,7,11H2,1-2H3. The Balaban J connectivity index is 3.05. The third kappa shape index (κ3) is 2.06. The van der Waals surface area contributed by atoms with Gasteiger partial charge in [0, 0.05) is 26.2 Å². The van der Waals surface area contributed by atoms with Crippen LogP contribution in [-0.2, 0) is 11.3 Å². The van der Waals surface area contributed by atoms with Crippen molar-refractivity contribution in [3.8, 4) is 0 Å². The summed E-state index contributed by atoms with van der Waals surface area (Å²) in [5.41, 5.74) is 7.42. The van der Waals surface area contributed by atoms with Gasteiger partial charge in [-0.05, 0) is 11.6 Å². The minimum absolute atomic E-state index is 0.0147. The summed E-state index contributed by atoms with van der Waals surface area (Å²) in [6.45, 7) is 1.99. The van der Waals surface area contributed by atoms with Crippen molar-refractivity contribution in [2.45, 2.75) is 13.5 Å². The lowest BCUT2D eigenvalue weighted by atomic mass is 10.1. The van der Waals surface area contributed by atoms with Gasteiger partial charge in [0.2, 0.25) is 5.91 Å². The Morgan fingerprint density at radius 2 is 2.08 bits per heavy atom. The highest BCUT2D eigenvalue weighted by Crippen LogP contribution is 2.18. The van der Waals surface area contributed by atoms with Crippen LogP contribution in [0.4, 0.5) is 5.69 Å². The van der Waals surface area contributed by atoms with Crippen molar-refractivity contribution in [1.82, 2.24) is 0 Å². The van der Waals surface area contributed by atoms with Crippen molar-refractivity contribution < 1.29 is 4.79 Å². The second kappa shape index (κ2) is 4.05. The van der Waals surface area contributed by atoms with Crippen molar-refractivity contribution in [2.75, 3.05) is 11.9 Å². The Morgan fingerprint density at radius 3 is 2.62 bits per heavy atom. The second-order valence-electron chi connectivity index (χ2n) is 2.91. The van der Waals surface area contributed by atoms with Crippen LogP contribution in [0.1, 0.15) is 12.5 Å². The van der Waals surface area contributed by atoms with Crippen LogP contribution in [0.2, 0.25) is 0 Å². The van der Waals surface area contributed by atoms with E-state index in [1.54, 1.807) is 11.9 Å². The molecule has 0 heterocycles. The van der Waals surface area contributed by atoms with Crippen molar-refractivity contribution in [1.29, 1.82) is 0 Å². The Labute approximate surface area is 78.2 Å². The molecule has 0 spiro atoms. The first-order chi connectivity index (χ1) is 6.16. The van der Waals surface area contributed by atoms with Crippen molar-refractivity contribution in [3.05, 3.63) is 29.8 Å². The van der Waals surface area contributed by atoms with Gasteiger partial charge in [-0.15, -0.1) is 0 Å². The van der Waals surface area contributed by atoms with Gasteiger partial charge in [0.05, 0.1) is 0 Å². The maximum Gasteiger partial charge on any atom is 0.223 e. The topological polar surface area (TPSA) is 46.3 Å². The molecule has 0 aromatic heterocycles. The zero-order valence-corrected chi connectivity index (χ0v) is 7.95. The van der Waals surface area contributed by atoms with E-state index in [-0.39, 0.29) is 5.91 Å². The summed E-state index contributed by atoms with van der Waals surface area (Å²) in [4.78, 5) is 12.7. The molecule has 0 aliphatic rings. The van der Waals surface area contributed by atoms with E-state index in [2.05, 4.69) is 0 Å². The Morgan fingerprint density at radius 1 is 1.46 bits per heavy atom. The van der Waals surface area contributed by atoms with E-state index in [0.29, 0.717) is 6.54 Å². The van der Waals surface area contributed by atoms with Gasteiger partial charge < -0.3 is 10.6 Å². The number of nitrogens with two attached hydrogens (primary N) is 1. The van der Waals surface area contributed by atoms with Gasteiger partial charge in [-0.25, -0.2) is 0 Å². The lowest BCUT2D eigenvalue weighted by Gasteiger charge is -2.18. The number of para-hydroxylation sites is 1. The monoisotopic (exact) mass is 178 g/mol. The third-order valence-corrected chi connectivity index (χ3v) is 2.05. The molecule has 1 aromatic rings. The molecule has 0 bridgehead atoms. The Bertz CT molecular complexity index is 310. The number of hydrogen-bond donors (Lipinski definition) is 1. The molecule has 13 heavy (non-hydrogen) atoms. The zero-order chi connectivity index (χ0) is 9.84. The first kappa shape index (κ1) is 9.74. The first-order valence-electron chi connectivity index (χ1n) is 4.19. The average molecular weight is 178 g/mol. The highest BCUT2D eigenvalue weighted by Gasteiger charge is 2.08. The number of benzene rings is 1. The quantitative estimate of drug-likeness (QED) is 0.737. The lowest BCUT2D eigenvalue weighted by molar-refractivity contribution is -0.116. The van der Waals surface area contributed by atoms with E-state index in [0.717, 1.165) is 11.3 Å². The zero-order valence-electron chi connectivity index (χ0n) is 7.95. The minimum atomic E-state index is 0.0147. The Hall–Kier alpha value is -1.35. The molecule has 0 atom stereocenters. The number of hydrogen-bond acceptors (Lipinski definition) is 2. The molecule has 0 fully saturated rings. The molecule has 3 heteroatoms. The lowest BCUT2D eigenvalue weighted by Crippen LogP contribution is -2.24. The molecule has 3 nitrogen and oxygen atoms in total. The molecule has 70 valence electrons. The molecule has 0 aliphatic heterocycles. The summed E-state index contributed by atoms with van der Waals surface area (Å²) in [7, 11) is 1.75. The number of amides is 1. The molecule has 1 amide bonds. The number of carbonyl (C=O) groups is 1. The van der Waals surface area contributed by atoms with Crippen LogP contribution < -0.4 is 10.6 Å². The normalized spacial score (nSPS) is 9.77. The first-order valence-corrected chi connectivity index (χ1v) is 4.19.